The molecule has 0 aliphatic carbocycles. The van der Waals surface area contributed by atoms with Crippen LogP contribution in [0, 0.1) is 5.82 Å². The highest BCUT2D eigenvalue weighted by Crippen LogP contribution is 2.28. The molecule has 0 spiro atoms. The third-order valence-electron chi connectivity index (χ3n) is 3.13. The quantitative estimate of drug-likeness (QED) is 0.536. The summed E-state index contributed by atoms with van der Waals surface area (Å²) >= 11 is 1.37. The molecule has 4 aromatic rings. The molecule has 0 saturated carbocycles. The lowest BCUT2D eigenvalue weighted by molar-refractivity contribution is 0.589. The van der Waals surface area contributed by atoms with Gasteiger partial charge in [0, 0.05) is 5.56 Å². The molecule has 2 N–H and O–H groups in total. The Balaban J connectivity index is 1.50. The second kappa shape index (κ2) is 6.24. The summed E-state index contributed by atoms with van der Waals surface area (Å²) in [7, 11) is 0. The van der Waals surface area contributed by atoms with E-state index in [9.17, 15) is 4.39 Å². The highest BCUT2D eigenvalue weighted by molar-refractivity contribution is 7.98. The van der Waals surface area contributed by atoms with Crippen LogP contribution in [0.15, 0.2) is 46.0 Å². The number of H-pyrrole nitrogens is 2. The Morgan fingerprint density at radius 2 is 2.04 bits per heavy atom. The summed E-state index contributed by atoms with van der Waals surface area (Å²) in [5.74, 6) is 2.33. The molecule has 24 heavy (non-hydrogen) atoms. The van der Waals surface area contributed by atoms with E-state index in [0.29, 0.717) is 39.6 Å². The van der Waals surface area contributed by atoms with Gasteiger partial charge in [0.25, 0.3) is 0 Å². The molecular formula is C14H10FN7OS. The van der Waals surface area contributed by atoms with Crippen LogP contribution in [0.2, 0.25) is 0 Å². The number of hydrogen-bond acceptors (Lipinski definition) is 7. The SMILES string of the molecule is Fc1cccc(-c2ccc(-c3nc(SCc4nn[nH]n4)n[nH]3)o2)c1. The Labute approximate surface area is 138 Å². The number of nitrogens with one attached hydrogen (secondary N) is 2. The van der Waals surface area contributed by atoms with E-state index in [1.54, 1.807) is 24.3 Å². The van der Waals surface area contributed by atoms with Gasteiger partial charge in [-0.15, -0.1) is 15.3 Å². The number of aromatic nitrogens is 7. The highest BCUT2D eigenvalue weighted by atomic mass is 32.2. The number of rotatable bonds is 5. The van der Waals surface area contributed by atoms with Crippen molar-refractivity contribution < 1.29 is 8.81 Å². The second-order valence-corrected chi connectivity index (χ2v) is 5.70. The zero-order chi connectivity index (χ0) is 16.4. The highest BCUT2D eigenvalue weighted by Gasteiger charge is 2.12. The van der Waals surface area contributed by atoms with Gasteiger partial charge in [-0.2, -0.15) is 10.2 Å². The summed E-state index contributed by atoms with van der Waals surface area (Å²) < 4.78 is 19.0. The number of nitrogens with zero attached hydrogens (tertiary/aromatic N) is 5. The largest absolute Gasteiger partial charge is 0.453 e. The lowest BCUT2D eigenvalue weighted by atomic mass is 10.2. The first-order valence-electron chi connectivity index (χ1n) is 6.91. The third-order valence-corrected chi connectivity index (χ3v) is 3.98. The zero-order valence-corrected chi connectivity index (χ0v) is 12.9. The van der Waals surface area contributed by atoms with E-state index in [-0.39, 0.29) is 5.82 Å². The molecule has 8 nitrogen and oxygen atoms in total. The summed E-state index contributed by atoms with van der Waals surface area (Å²) in [5.41, 5.74) is 0.660. The first-order chi connectivity index (χ1) is 11.8. The van der Waals surface area contributed by atoms with Crippen molar-refractivity contribution in [2.24, 2.45) is 0 Å². The molecular weight excluding hydrogens is 333 g/mol. The van der Waals surface area contributed by atoms with Crippen molar-refractivity contribution >= 4 is 11.8 Å². The Morgan fingerprint density at radius 3 is 2.88 bits per heavy atom. The predicted molar refractivity (Wildman–Crippen MR) is 83.2 cm³/mol. The summed E-state index contributed by atoms with van der Waals surface area (Å²) in [6, 6.07) is 9.73. The molecule has 0 bridgehead atoms. The first kappa shape index (κ1) is 14.6. The van der Waals surface area contributed by atoms with Gasteiger partial charge in [-0.25, -0.2) is 4.39 Å². The minimum atomic E-state index is -0.315. The van der Waals surface area contributed by atoms with Crippen LogP contribution in [0.3, 0.4) is 0 Å². The van der Waals surface area contributed by atoms with E-state index in [2.05, 4.69) is 35.8 Å². The van der Waals surface area contributed by atoms with Gasteiger partial charge in [-0.3, -0.25) is 5.10 Å². The molecule has 3 heterocycles. The number of thioether (sulfide) groups is 1. The maximum atomic E-state index is 13.3. The van der Waals surface area contributed by atoms with E-state index in [1.165, 1.54) is 23.9 Å². The second-order valence-electron chi connectivity index (χ2n) is 4.76. The predicted octanol–water partition coefficient (Wildman–Crippen LogP) is 2.68. The van der Waals surface area contributed by atoms with E-state index >= 15 is 0 Å². The summed E-state index contributed by atoms with van der Waals surface area (Å²) in [5, 5.41) is 21.0. The van der Waals surface area contributed by atoms with Gasteiger partial charge in [0.05, 0.1) is 5.75 Å². The molecule has 0 amide bonds. The van der Waals surface area contributed by atoms with Crippen molar-refractivity contribution in [1.29, 1.82) is 0 Å². The van der Waals surface area contributed by atoms with Crippen LogP contribution in [0.5, 0.6) is 0 Å². The van der Waals surface area contributed by atoms with Gasteiger partial charge < -0.3 is 4.42 Å². The van der Waals surface area contributed by atoms with Crippen LogP contribution >= 0.6 is 11.8 Å². The van der Waals surface area contributed by atoms with Crippen molar-refractivity contribution in [1.82, 2.24) is 35.8 Å². The van der Waals surface area contributed by atoms with Gasteiger partial charge in [0.1, 0.15) is 11.6 Å². The van der Waals surface area contributed by atoms with Crippen molar-refractivity contribution in [2.75, 3.05) is 0 Å². The van der Waals surface area contributed by atoms with E-state index in [1.807, 2.05) is 0 Å². The molecule has 120 valence electrons. The fourth-order valence-corrected chi connectivity index (χ4v) is 2.70. The monoisotopic (exact) mass is 343 g/mol. The lowest BCUT2D eigenvalue weighted by Crippen LogP contribution is -1.85. The fourth-order valence-electron chi connectivity index (χ4n) is 2.06. The maximum Gasteiger partial charge on any atom is 0.209 e. The topological polar surface area (TPSA) is 109 Å². The smallest absolute Gasteiger partial charge is 0.209 e. The van der Waals surface area contributed by atoms with Crippen LogP contribution in [0.25, 0.3) is 22.9 Å². The van der Waals surface area contributed by atoms with Gasteiger partial charge >= 0.3 is 0 Å². The molecule has 1 aromatic carbocycles. The molecule has 0 fully saturated rings. The first-order valence-corrected chi connectivity index (χ1v) is 7.90. The Hall–Kier alpha value is -3.01. The molecule has 0 aliphatic rings. The Bertz CT molecular complexity index is 950. The van der Waals surface area contributed by atoms with Crippen LogP contribution in [-0.4, -0.2) is 35.8 Å². The van der Waals surface area contributed by atoms with Gasteiger partial charge in [0.15, 0.2) is 17.4 Å². The van der Waals surface area contributed by atoms with E-state index in [0.717, 1.165) is 0 Å². The number of benzene rings is 1. The van der Waals surface area contributed by atoms with Crippen LogP contribution < -0.4 is 0 Å². The van der Waals surface area contributed by atoms with Crippen molar-refractivity contribution in [3.63, 3.8) is 0 Å². The maximum absolute atomic E-state index is 13.3. The van der Waals surface area contributed by atoms with Crippen LogP contribution in [-0.2, 0) is 5.75 Å². The molecule has 10 heteroatoms. The minimum absolute atomic E-state index is 0.315. The van der Waals surface area contributed by atoms with Crippen LogP contribution in [0.4, 0.5) is 4.39 Å². The fraction of sp³-hybridized carbons (Fsp3) is 0.0714. The third kappa shape index (κ3) is 3.04. The zero-order valence-electron chi connectivity index (χ0n) is 12.1. The van der Waals surface area contributed by atoms with Crippen molar-refractivity contribution in [3.8, 4) is 22.9 Å². The summed E-state index contributed by atoms with van der Waals surface area (Å²) in [6.45, 7) is 0. The van der Waals surface area contributed by atoms with Crippen molar-refractivity contribution in [2.45, 2.75) is 10.9 Å². The lowest BCUT2D eigenvalue weighted by Gasteiger charge is -1.96. The standard InChI is InChI=1S/C14H10FN7OS/c15-9-3-1-2-8(6-9)10-4-5-11(23-10)13-16-14(20-19-13)24-7-12-17-21-22-18-12/h1-6H,7H2,(H,16,19,20)(H,17,18,21,22). The minimum Gasteiger partial charge on any atom is -0.453 e. The Kier molecular flexibility index (Phi) is 3.79. The number of hydrogen-bond donors (Lipinski definition) is 2. The Morgan fingerprint density at radius 1 is 1.12 bits per heavy atom. The molecule has 0 atom stereocenters. The molecule has 0 unspecified atom stereocenters. The van der Waals surface area contributed by atoms with Crippen molar-refractivity contribution in [3.05, 3.63) is 48.0 Å². The summed E-state index contributed by atoms with van der Waals surface area (Å²) in [6.07, 6.45) is 0. The molecule has 3 aromatic heterocycles. The summed E-state index contributed by atoms with van der Waals surface area (Å²) in [4.78, 5) is 4.35. The normalized spacial score (nSPS) is 11.0. The number of aromatic amines is 2. The van der Waals surface area contributed by atoms with Gasteiger partial charge in [-0.1, -0.05) is 29.1 Å². The van der Waals surface area contributed by atoms with Gasteiger partial charge in [0.2, 0.25) is 5.16 Å². The van der Waals surface area contributed by atoms with E-state index in [4.69, 9.17) is 4.42 Å². The number of furan rings is 1. The van der Waals surface area contributed by atoms with Crippen LogP contribution in [0.1, 0.15) is 5.82 Å². The van der Waals surface area contributed by atoms with E-state index < -0.39 is 0 Å². The average molecular weight is 343 g/mol. The van der Waals surface area contributed by atoms with Gasteiger partial charge in [-0.05, 0) is 24.3 Å². The molecule has 0 aliphatic heterocycles. The number of halogens is 1. The average Bonchev–Trinajstić information content (AvgIpc) is 3.33. The molecule has 4 rings (SSSR count). The number of tetrazole rings is 1. The molecule has 0 saturated heterocycles. The molecule has 0 radical (unpaired) electrons.